The van der Waals surface area contributed by atoms with Crippen LogP contribution >= 0.6 is 22.6 Å². The van der Waals surface area contributed by atoms with Gasteiger partial charge in [-0.15, -0.1) is 0 Å². The van der Waals surface area contributed by atoms with Crippen molar-refractivity contribution in [1.29, 1.82) is 0 Å². The number of pyridine rings is 1. The molecule has 1 amide bonds. The highest BCUT2D eigenvalue weighted by atomic mass is 127. The van der Waals surface area contributed by atoms with Crippen molar-refractivity contribution in [3.8, 4) is 0 Å². The van der Waals surface area contributed by atoms with E-state index in [1.807, 2.05) is 13.8 Å². The number of anilines is 1. The van der Waals surface area contributed by atoms with Crippen molar-refractivity contribution in [2.24, 2.45) is 0 Å². The third kappa shape index (κ3) is 3.35. The number of fused-ring (bicyclic) bond motifs is 1. The summed E-state index contributed by atoms with van der Waals surface area (Å²) in [5, 5.41) is 7.51. The van der Waals surface area contributed by atoms with Crippen LogP contribution in [0.1, 0.15) is 35.9 Å². The average molecular weight is 456 g/mol. The Balaban J connectivity index is 1.96. The fourth-order valence-electron chi connectivity index (χ4n) is 2.50. The number of benzene rings is 1. The normalized spacial score (nSPS) is 11.3. The number of carbonyl (C=O) groups is 1. The van der Waals surface area contributed by atoms with Crippen molar-refractivity contribution in [3.63, 3.8) is 0 Å². The van der Waals surface area contributed by atoms with Gasteiger partial charge >= 0.3 is 0 Å². The minimum absolute atomic E-state index is 0.0535. The zero-order chi connectivity index (χ0) is 18.3. The third-order valence-corrected chi connectivity index (χ3v) is 4.77. The summed E-state index contributed by atoms with van der Waals surface area (Å²) in [4.78, 5) is 17.0. The second kappa shape index (κ2) is 6.66. The largest absolute Gasteiger partial charge is 0.322 e. The smallest absolute Gasteiger partial charge is 0.257 e. The van der Waals surface area contributed by atoms with E-state index in [0.717, 1.165) is 17.5 Å². The van der Waals surface area contributed by atoms with Crippen molar-refractivity contribution < 1.29 is 13.6 Å². The number of hydrogen-bond acceptors (Lipinski definition) is 3. The number of amides is 1. The molecule has 0 radical (unpaired) electrons. The summed E-state index contributed by atoms with van der Waals surface area (Å²) in [5.41, 5.74) is 1.59. The topological polar surface area (TPSA) is 59.8 Å². The summed E-state index contributed by atoms with van der Waals surface area (Å²) >= 11 is 1.57. The van der Waals surface area contributed by atoms with E-state index >= 15 is 0 Å². The first kappa shape index (κ1) is 17.7. The van der Waals surface area contributed by atoms with Crippen LogP contribution in [0.3, 0.4) is 0 Å². The average Bonchev–Trinajstić information content (AvgIpc) is 2.94. The summed E-state index contributed by atoms with van der Waals surface area (Å²) < 4.78 is 28.9. The second-order valence-electron chi connectivity index (χ2n) is 5.93. The lowest BCUT2D eigenvalue weighted by Crippen LogP contribution is -2.15. The van der Waals surface area contributed by atoms with E-state index < -0.39 is 17.5 Å². The molecule has 0 unspecified atom stereocenters. The summed E-state index contributed by atoms with van der Waals surface area (Å²) in [6.07, 6.45) is 1.64. The zero-order valence-electron chi connectivity index (χ0n) is 13.8. The molecule has 0 saturated carbocycles. The Bertz CT molecular complexity index is 961. The third-order valence-electron chi connectivity index (χ3n) is 3.74. The van der Waals surface area contributed by atoms with Crippen molar-refractivity contribution in [2.45, 2.75) is 26.8 Å². The Morgan fingerprint density at radius 1 is 1.24 bits per heavy atom. The van der Waals surface area contributed by atoms with Crippen LogP contribution in [0.15, 0.2) is 24.4 Å². The predicted molar refractivity (Wildman–Crippen MR) is 99.7 cm³/mol. The van der Waals surface area contributed by atoms with Crippen molar-refractivity contribution in [1.82, 2.24) is 14.8 Å². The van der Waals surface area contributed by atoms with Gasteiger partial charge in [0.2, 0.25) is 0 Å². The van der Waals surface area contributed by atoms with Crippen LogP contribution in [-0.2, 0) is 0 Å². The van der Waals surface area contributed by atoms with Gasteiger partial charge in [-0.25, -0.2) is 18.4 Å². The fraction of sp³-hybridized carbons (Fsp3) is 0.235. The maximum absolute atomic E-state index is 13.6. The van der Waals surface area contributed by atoms with Gasteiger partial charge in [0.05, 0.1) is 21.0 Å². The number of nitrogens with zero attached hydrogens (tertiary/aromatic N) is 3. The SMILES string of the molecule is Cc1nc2c(cnn2C(C)C)cc1C(=O)Nc1cc(F)c(I)c(F)c1. The van der Waals surface area contributed by atoms with Gasteiger partial charge in [0, 0.05) is 17.1 Å². The molecule has 1 N–H and O–H groups in total. The first-order chi connectivity index (χ1) is 11.8. The minimum Gasteiger partial charge on any atom is -0.322 e. The molecule has 2 aromatic heterocycles. The van der Waals surface area contributed by atoms with Crippen LogP contribution in [0, 0.1) is 22.1 Å². The summed E-state index contributed by atoms with van der Waals surface area (Å²) in [6, 6.07) is 3.99. The lowest BCUT2D eigenvalue weighted by molar-refractivity contribution is 0.102. The van der Waals surface area contributed by atoms with Crippen LogP contribution in [0.25, 0.3) is 11.0 Å². The van der Waals surface area contributed by atoms with Crippen LogP contribution in [0.2, 0.25) is 0 Å². The highest BCUT2D eigenvalue weighted by Gasteiger charge is 2.17. The highest BCUT2D eigenvalue weighted by Crippen LogP contribution is 2.23. The molecule has 8 heteroatoms. The maximum atomic E-state index is 13.6. The summed E-state index contributed by atoms with van der Waals surface area (Å²) in [5.74, 6) is -1.93. The molecule has 2 heterocycles. The van der Waals surface area contributed by atoms with Gasteiger partial charge in [0.15, 0.2) is 5.65 Å². The van der Waals surface area contributed by atoms with E-state index in [9.17, 15) is 13.6 Å². The number of aryl methyl sites for hydroxylation is 1. The molecule has 0 aliphatic rings. The number of nitrogens with one attached hydrogen (secondary N) is 1. The molecule has 0 spiro atoms. The molecular formula is C17H15F2IN4O. The molecule has 3 rings (SSSR count). The minimum atomic E-state index is -0.723. The Kier molecular flexibility index (Phi) is 4.72. The molecule has 130 valence electrons. The van der Waals surface area contributed by atoms with E-state index in [1.54, 1.807) is 46.5 Å². The van der Waals surface area contributed by atoms with E-state index in [2.05, 4.69) is 15.4 Å². The van der Waals surface area contributed by atoms with Gasteiger partial charge in [-0.2, -0.15) is 5.10 Å². The number of hydrogen-bond donors (Lipinski definition) is 1. The van der Waals surface area contributed by atoms with Crippen LogP contribution in [0.4, 0.5) is 14.5 Å². The van der Waals surface area contributed by atoms with Gasteiger partial charge in [-0.05, 0) is 61.6 Å². The highest BCUT2D eigenvalue weighted by molar-refractivity contribution is 14.1. The molecule has 0 atom stereocenters. The zero-order valence-corrected chi connectivity index (χ0v) is 15.9. The summed E-state index contributed by atoms with van der Waals surface area (Å²) in [6.45, 7) is 5.69. The molecule has 0 aliphatic heterocycles. The lowest BCUT2D eigenvalue weighted by atomic mass is 10.1. The Morgan fingerprint density at radius 2 is 1.88 bits per heavy atom. The van der Waals surface area contributed by atoms with Gasteiger partial charge in [-0.3, -0.25) is 4.79 Å². The van der Waals surface area contributed by atoms with Crippen LogP contribution in [0.5, 0.6) is 0 Å². The molecule has 1 aromatic carbocycles. The van der Waals surface area contributed by atoms with Crippen molar-refractivity contribution >= 4 is 45.2 Å². The fourth-order valence-corrected chi connectivity index (χ4v) is 2.81. The molecule has 0 fully saturated rings. The van der Waals surface area contributed by atoms with E-state index in [4.69, 9.17) is 0 Å². The predicted octanol–water partition coefficient (Wildman–Crippen LogP) is 4.46. The molecular weight excluding hydrogens is 441 g/mol. The van der Waals surface area contributed by atoms with Gasteiger partial charge in [-0.1, -0.05) is 0 Å². The molecule has 0 bridgehead atoms. The maximum Gasteiger partial charge on any atom is 0.257 e. The Hall–Kier alpha value is -2.10. The number of aromatic nitrogens is 3. The van der Waals surface area contributed by atoms with Gasteiger partial charge in [0.1, 0.15) is 11.6 Å². The number of halogens is 3. The molecule has 25 heavy (non-hydrogen) atoms. The molecule has 3 aromatic rings. The monoisotopic (exact) mass is 456 g/mol. The van der Waals surface area contributed by atoms with E-state index in [1.165, 1.54) is 0 Å². The molecule has 5 nitrogen and oxygen atoms in total. The Labute approximate surface area is 156 Å². The van der Waals surface area contributed by atoms with Crippen molar-refractivity contribution in [3.05, 3.63) is 50.9 Å². The van der Waals surface area contributed by atoms with Crippen LogP contribution < -0.4 is 5.32 Å². The standard InChI is InChI=1S/C17H15F2IN4O/c1-8(2)24-16-10(7-21-24)4-12(9(3)22-16)17(25)23-11-5-13(18)15(20)14(19)6-11/h4-8H,1-3H3,(H,23,25). The first-order valence-electron chi connectivity index (χ1n) is 7.58. The first-order valence-corrected chi connectivity index (χ1v) is 8.66. The Morgan fingerprint density at radius 3 is 2.48 bits per heavy atom. The van der Waals surface area contributed by atoms with Crippen molar-refractivity contribution in [2.75, 3.05) is 5.32 Å². The number of carbonyl (C=O) groups excluding carboxylic acids is 1. The molecule has 0 saturated heterocycles. The quantitative estimate of drug-likeness (QED) is 0.468. The van der Waals surface area contributed by atoms with E-state index in [0.29, 0.717) is 16.9 Å². The number of rotatable bonds is 3. The van der Waals surface area contributed by atoms with Gasteiger partial charge in [0.25, 0.3) is 5.91 Å². The summed E-state index contributed by atoms with van der Waals surface area (Å²) in [7, 11) is 0. The lowest BCUT2D eigenvalue weighted by Gasteiger charge is -2.10. The molecule has 0 aliphatic carbocycles. The van der Waals surface area contributed by atoms with Gasteiger partial charge < -0.3 is 5.32 Å². The van der Waals surface area contributed by atoms with Crippen LogP contribution in [-0.4, -0.2) is 20.7 Å². The van der Waals surface area contributed by atoms with E-state index in [-0.39, 0.29) is 15.3 Å². The second-order valence-corrected chi connectivity index (χ2v) is 7.00.